The first kappa shape index (κ1) is 9.86. The Morgan fingerprint density at radius 1 is 1.50 bits per heavy atom. The zero-order valence-corrected chi connectivity index (χ0v) is 9.44. The van der Waals surface area contributed by atoms with Crippen molar-refractivity contribution in [2.75, 3.05) is 18.0 Å². The molecule has 1 saturated heterocycles. The summed E-state index contributed by atoms with van der Waals surface area (Å²) in [7, 11) is 0. The molecule has 0 unspecified atom stereocenters. The molecule has 5 heteroatoms. The number of nitrogens with zero attached hydrogens (tertiary/aromatic N) is 3. The Hall–Kier alpha value is -0.680. The molecule has 1 aliphatic rings. The normalized spacial score (nSPS) is 21.6. The van der Waals surface area contributed by atoms with Gasteiger partial charge >= 0.3 is 0 Å². The third kappa shape index (κ3) is 1.88. The van der Waals surface area contributed by atoms with Crippen molar-refractivity contribution in [1.82, 2.24) is 9.97 Å². The average molecular weight is 257 g/mol. The predicted molar refractivity (Wildman–Crippen MR) is 59.2 cm³/mol. The molecule has 0 saturated carbocycles. The number of nitrogens with two attached hydrogens (primary N) is 1. The lowest BCUT2D eigenvalue weighted by molar-refractivity contribution is 0.664. The standard InChI is InChI=1S/C9H13BrN4/c10-7-5-12-9(13-6-7)14-3-1-2-8(14)4-11/h5-6,8H,1-4,11H2/t8-/m0/s1. The van der Waals surface area contributed by atoms with Gasteiger partial charge in [0.15, 0.2) is 0 Å². The summed E-state index contributed by atoms with van der Waals surface area (Å²) < 4.78 is 0.907. The highest BCUT2D eigenvalue weighted by Crippen LogP contribution is 2.21. The Morgan fingerprint density at radius 2 is 2.21 bits per heavy atom. The van der Waals surface area contributed by atoms with Crippen LogP contribution in [0.3, 0.4) is 0 Å². The van der Waals surface area contributed by atoms with Gasteiger partial charge in [-0.1, -0.05) is 0 Å². The number of hydrogen-bond donors (Lipinski definition) is 1. The van der Waals surface area contributed by atoms with Crippen molar-refractivity contribution in [2.24, 2.45) is 5.73 Å². The Bertz CT molecular complexity index is 300. The molecule has 1 aliphatic heterocycles. The number of rotatable bonds is 2. The van der Waals surface area contributed by atoms with E-state index in [0.29, 0.717) is 12.6 Å². The monoisotopic (exact) mass is 256 g/mol. The van der Waals surface area contributed by atoms with Crippen LogP contribution in [0, 0.1) is 0 Å². The van der Waals surface area contributed by atoms with E-state index in [1.807, 2.05) is 0 Å². The average Bonchev–Trinajstić information content (AvgIpc) is 2.67. The van der Waals surface area contributed by atoms with Crippen LogP contribution in [-0.4, -0.2) is 29.1 Å². The molecule has 1 aromatic heterocycles. The van der Waals surface area contributed by atoms with Gasteiger partial charge in [0, 0.05) is 31.5 Å². The zero-order valence-electron chi connectivity index (χ0n) is 7.86. The first-order valence-electron chi connectivity index (χ1n) is 4.75. The fourth-order valence-electron chi connectivity index (χ4n) is 1.80. The van der Waals surface area contributed by atoms with Gasteiger partial charge in [0.25, 0.3) is 0 Å². The number of hydrogen-bond acceptors (Lipinski definition) is 4. The highest BCUT2D eigenvalue weighted by Gasteiger charge is 2.24. The highest BCUT2D eigenvalue weighted by atomic mass is 79.9. The molecule has 0 aliphatic carbocycles. The minimum Gasteiger partial charge on any atom is -0.337 e. The summed E-state index contributed by atoms with van der Waals surface area (Å²) in [4.78, 5) is 10.7. The molecule has 0 bridgehead atoms. The summed E-state index contributed by atoms with van der Waals surface area (Å²) in [6, 6.07) is 0.413. The maximum atomic E-state index is 5.68. The molecule has 4 nitrogen and oxygen atoms in total. The summed E-state index contributed by atoms with van der Waals surface area (Å²) in [6.45, 7) is 1.70. The molecule has 2 heterocycles. The van der Waals surface area contributed by atoms with Crippen LogP contribution in [-0.2, 0) is 0 Å². The van der Waals surface area contributed by atoms with Crippen molar-refractivity contribution in [3.05, 3.63) is 16.9 Å². The second-order valence-electron chi connectivity index (χ2n) is 3.43. The molecule has 1 fully saturated rings. The summed E-state index contributed by atoms with van der Waals surface area (Å²) in [5, 5.41) is 0. The van der Waals surface area contributed by atoms with Gasteiger partial charge in [0.05, 0.1) is 4.47 Å². The quantitative estimate of drug-likeness (QED) is 0.864. The number of aromatic nitrogens is 2. The van der Waals surface area contributed by atoms with Crippen molar-refractivity contribution in [3.8, 4) is 0 Å². The lowest BCUT2D eigenvalue weighted by Gasteiger charge is -2.22. The van der Waals surface area contributed by atoms with E-state index < -0.39 is 0 Å². The Kier molecular flexibility index (Phi) is 2.98. The van der Waals surface area contributed by atoms with E-state index in [4.69, 9.17) is 5.73 Å². The molecule has 0 radical (unpaired) electrons. The molecule has 76 valence electrons. The minimum atomic E-state index is 0.413. The minimum absolute atomic E-state index is 0.413. The predicted octanol–water partition coefficient (Wildman–Crippen LogP) is 1.17. The summed E-state index contributed by atoms with van der Waals surface area (Å²) >= 11 is 3.32. The molecule has 2 N–H and O–H groups in total. The van der Waals surface area contributed by atoms with E-state index >= 15 is 0 Å². The SMILES string of the molecule is NC[C@@H]1CCCN1c1ncc(Br)cn1. The first-order valence-corrected chi connectivity index (χ1v) is 5.55. The molecule has 1 atom stereocenters. The van der Waals surface area contributed by atoms with Gasteiger partial charge in [-0.2, -0.15) is 0 Å². The first-order chi connectivity index (χ1) is 6.81. The molecular weight excluding hydrogens is 244 g/mol. The Morgan fingerprint density at radius 3 is 2.86 bits per heavy atom. The summed E-state index contributed by atoms with van der Waals surface area (Å²) in [5.74, 6) is 0.793. The molecule has 2 rings (SSSR count). The van der Waals surface area contributed by atoms with Gasteiger partial charge < -0.3 is 10.6 Å². The van der Waals surface area contributed by atoms with Crippen LogP contribution in [0.2, 0.25) is 0 Å². The maximum Gasteiger partial charge on any atom is 0.225 e. The van der Waals surface area contributed by atoms with Crippen LogP contribution in [0.15, 0.2) is 16.9 Å². The van der Waals surface area contributed by atoms with E-state index in [1.54, 1.807) is 12.4 Å². The maximum absolute atomic E-state index is 5.68. The van der Waals surface area contributed by atoms with Crippen LogP contribution in [0.5, 0.6) is 0 Å². The zero-order chi connectivity index (χ0) is 9.97. The second-order valence-corrected chi connectivity index (χ2v) is 4.34. The van der Waals surface area contributed by atoms with Gasteiger partial charge in [-0.05, 0) is 28.8 Å². The number of halogens is 1. The fraction of sp³-hybridized carbons (Fsp3) is 0.556. The van der Waals surface area contributed by atoms with Crippen molar-refractivity contribution >= 4 is 21.9 Å². The Balaban J connectivity index is 2.17. The van der Waals surface area contributed by atoms with Crippen LogP contribution in [0.25, 0.3) is 0 Å². The third-order valence-electron chi connectivity index (χ3n) is 2.51. The van der Waals surface area contributed by atoms with Crippen LogP contribution >= 0.6 is 15.9 Å². The molecule has 0 amide bonds. The molecular formula is C9H13BrN4. The van der Waals surface area contributed by atoms with Crippen LogP contribution in [0.1, 0.15) is 12.8 Å². The molecule has 0 spiro atoms. The largest absolute Gasteiger partial charge is 0.337 e. The van der Waals surface area contributed by atoms with Gasteiger partial charge in [-0.3, -0.25) is 0 Å². The van der Waals surface area contributed by atoms with Crippen molar-refractivity contribution < 1.29 is 0 Å². The molecule has 14 heavy (non-hydrogen) atoms. The van der Waals surface area contributed by atoms with Crippen molar-refractivity contribution in [2.45, 2.75) is 18.9 Å². The van der Waals surface area contributed by atoms with E-state index in [2.05, 4.69) is 30.8 Å². The van der Waals surface area contributed by atoms with Gasteiger partial charge in [0.1, 0.15) is 0 Å². The fourth-order valence-corrected chi connectivity index (χ4v) is 2.00. The summed E-state index contributed by atoms with van der Waals surface area (Å²) in [5.41, 5.74) is 5.68. The lowest BCUT2D eigenvalue weighted by atomic mass is 10.2. The van der Waals surface area contributed by atoms with Crippen LogP contribution in [0.4, 0.5) is 5.95 Å². The molecule has 1 aromatic rings. The Labute approximate surface area is 91.7 Å². The van der Waals surface area contributed by atoms with Gasteiger partial charge in [-0.15, -0.1) is 0 Å². The van der Waals surface area contributed by atoms with E-state index in [-0.39, 0.29) is 0 Å². The number of anilines is 1. The van der Waals surface area contributed by atoms with E-state index in [1.165, 1.54) is 6.42 Å². The smallest absolute Gasteiger partial charge is 0.225 e. The van der Waals surface area contributed by atoms with Crippen molar-refractivity contribution in [1.29, 1.82) is 0 Å². The van der Waals surface area contributed by atoms with Crippen molar-refractivity contribution in [3.63, 3.8) is 0 Å². The second kappa shape index (κ2) is 4.23. The molecule has 0 aromatic carbocycles. The third-order valence-corrected chi connectivity index (χ3v) is 2.92. The van der Waals surface area contributed by atoms with Gasteiger partial charge in [0.2, 0.25) is 5.95 Å². The topological polar surface area (TPSA) is 55.0 Å². The van der Waals surface area contributed by atoms with Gasteiger partial charge in [-0.25, -0.2) is 9.97 Å². The lowest BCUT2D eigenvalue weighted by Crippen LogP contribution is -2.36. The van der Waals surface area contributed by atoms with E-state index in [9.17, 15) is 0 Å². The summed E-state index contributed by atoms with van der Waals surface area (Å²) in [6.07, 6.45) is 5.87. The van der Waals surface area contributed by atoms with Crippen LogP contribution < -0.4 is 10.6 Å². The van der Waals surface area contributed by atoms with E-state index in [0.717, 1.165) is 23.4 Å². The highest BCUT2D eigenvalue weighted by molar-refractivity contribution is 9.10.